The van der Waals surface area contributed by atoms with E-state index in [0.717, 1.165) is 32.5 Å². The van der Waals surface area contributed by atoms with Crippen molar-refractivity contribution in [1.29, 1.82) is 0 Å². The maximum atomic E-state index is 12.5. The summed E-state index contributed by atoms with van der Waals surface area (Å²) in [4.78, 5) is 20.3. The van der Waals surface area contributed by atoms with E-state index in [-0.39, 0.29) is 6.04 Å². The van der Waals surface area contributed by atoms with Crippen LogP contribution in [0.2, 0.25) is 0 Å². The second-order valence-electron chi connectivity index (χ2n) is 6.29. The number of amides is 1. The van der Waals surface area contributed by atoms with Gasteiger partial charge in [-0.15, -0.1) is 0 Å². The predicted molar refractivity (Wildman–Crippen MR) is 82.9 cm³/mol. The first-order valence-corrected chi connectivity index (χ1v) is 7.83. The number of para-hydroxylation sites is 1. The number of hydrogen-bond donors (Lipinski definition) is 1. The summed E-state index contributed by atoms with van der Waals surface area (Å²) >= 11 is 0. The minimum absolute atomic E-state index is 0.00966. The van der Waals surface area contributed by atoms with Crippen LogP contribution in [0.5, 0.6) is 0 Å². The number of aromatic amines is 1. The van der Waals surface area contributed by atoms with Gasteiger partial charge in [-0.1, -0.05) is 18.2 Å². The van der Waals surface area contributed by atoms with Gasteiger partial charge < -0.3 is 9.88 Å². The van der Waals surface area contributed by atoms with Gasteiger partial charge in [0.05, 0.1) is 6.04 Å². The summed E-state index contributed by atoms with van der Waals surface area (Å²) in [5, 5.41) is 1.24. The standard InChI is InChI=1S/C17H21N3O/c1-12-17(21)20-9-3-6-15(20)11-19(12)10-14-5-2-4-13-7-8-18-16(13)14/h2,4-5,7-8,12,15,18H,3,6,9-11H2,1H3/t12-,15+/m1/s1. The molecule has 2 fully saturated rings. The number of rotatable bonds is 2. The fourth-order valence-corrected chi connectivity index (χ4v) is 3.84. The highest BCUT2D eigenvalue weighted by molar-refractivity contribution is 5.84. The molecule has 2 aliphatic rings. The van der Waals surface area contributed by atoms with Crippen LogP contribution in [-0.2, 0) is 11.3 Å². The van der Waals surface area contributed by atoms with Crippen LogP contribution in [0, 0.1) is 0 Å². The van der Waals surface area contributed by atoms with Gasteiger partial charge in [0.15, 0.2) is 0 Å². The summed E-state index contributed by atoms with van der Waals surface area (Å²) in [5.41, 5.74) is 2.48. The molecule has 2 aromatic rings. The van der Waals surface area contributed by atoms with Gasteiger partial charge in [-0.2, -0.15) is 0 Å². The van der Waals surface area contributed by atoms with Crippen LogP contribution in [0.1, 0.15) is 25.3 Å². The number of benzene rings is 1. The Morgan fingerprint density at radius 3 is 3.14 bits per heavy atom. The van der Waals surface area contributed by atoms with Crippen LogP contribution in [0.15, 0.2) is 30.5 Å². The summed E-state index contributed by atoms with van der Waals surface area (Å²) in [7, 11) is 0. The molecule has 0 unspecified atom stereocenters. The number of fused-ring (bicyclic) bond motifs is 2. The third-order valence-corrected chi connectivity index (χ3v) is 5.06. The van der Waals surface area contributed by atoms with Crippen molar-refractivity contribution in [2.45, 2.75) is 38.4 Å². The molecule has 1 amide bonds. The molecule has 3 heterocycles. The monoisotopic (exact) mass is 283 g/mol. The molecule has 1 aromatic carbocycles. The Hall–Kier alpha value is -1.81. The lowest BCUT2D eigenvalue weighted by molar-refractivity contribution is -0.143. The highest BCUT2D eigenvalue weighted by Gasteiger charge is 2.40. The van der Waals surface area contributed by atoms with E-state index in [2.05, 4.69) is 39.0 Å². The van der Waals surface area contributed by atoms with E-state index in [1.54, 1.807) is 0 Å². The van der Waals surface area contributed by atoms with Gasteiger partial charge in [0, 0.05) is 37.4 Å². The zero-order valence-corrected chi connectivity index (χ0v) is 12.4. The zero-order valence-electron chi connectivity index (χ0n) is 12.4. The third kappa shape index (κ3) is 2.05. The number of hydrogen-bond acceptors (Lipinski definition) is 2. The van der Waals surface area contributed by atoms with Gasteiger partial charge in [0.1, 0.15) is 0 Å². The molecule has 0 radical (unpaired) electrons. The molecule has 2 saturated heterocycles. The molecular formula is C17H21N3O. The average molecular weight is 283 g/mol. The number of nitrogens with zero attached hydrogens (tertiary/aromatic N) is 2. The Morgan fingerprint density at radius 2 is 2.24 bits per heavy atom. The Bertz CT molecular complexity index is 677. The smallest absolute Gasteiger partial charge is 0.239 e. The summed E-state index contributed by atoms with van der Waals surface area (Å²) in [6.07, 6.45) is 4.29. The van der Waals surface area contributed by atoms with E-state index in [0.29, 0.717) is 11.9 Å². The number of nitrogens with one attached hydrogen (secondary N) is 1. The molecule has 110 valence electrons. The van der Waals surface area contributed by atoms with E-state index in [1.165, 1.54) is 16.5 Å². The quantitative estimate of drug-likeness (QED) is 0.919. The molecule has 2 atom stereocenters. The summed E-state index contributed by atoms with van der Waals surface area (Å²) < 4.78 is 0. The Labute approximate surface area is 124 Å². The van der Waals surface area contributed by atoms with Crippen LogP contribution in [0.25, 0.3) is 10.9 Å². The first-order valence-electron chi connectivity index (χ1n) is 7.83. The molecular weight excluding hydrogens is 262 g/mol. The zero-order chi connectivity index (χ0) is 14.4. The lowest BCUT2D eigenvalue weighted by Gasteiger charge is -2.41. The molecule has 1 aromatic heterocycles. The maximum Gasteiger partial charge on any atom is 0.239 e. The van der Waals surface area contributed by atoms with Gasteiger partial charge in [-0.25, -0.2) is 0 Å². The van der Waals surface area contributed by atoms with Crippen molar-refractivity contribution >= 4 is 16.8 Å². The molecule has 4 nitrogen and oxygen atoms in total. The van der Waals surface area contributed by atoms with Gasteiger partial charge in [-0.05, 0) is 36.8 Å². The average Bonchev–Trinajstić information content (AvgIpc) is 3.13. The SMILES string of the molecule is C[C@@H]1C(=O)N2CCC[C@H]2CN1Cc1cccc2cc[nH]c12. The third-order valence-electron chi connectivity index (χ3n) is 5.06. The second-order valence-corrected chi connectivity index (χ2v) is 6.29. The van der Waals surface area contributed by atoms with Crippen molar-refractivity contribution in [1.82, 2.24) is 14.8 Å². The first kappa shape index (κ1) is 12.9. The van der Waals surface area contributed by atoms with E-state index in [1.807, 2.05) is 13.1 Å². The van der Waals surface area contributed by atoms with Crippen LogP contribution >= 0.6 is 0 Å². The van der Waals surface area contributed by atoms with E-state index >= 15 is 0 Å². The summed E-state index contributed by atoms with van der Waals surface area (Å²) in [6, 6.07) is 8.91. The van der Waals surface area contributed by atoms with Crippen molar-refractivity contribution in [2.24, 2.45) is 0 Å². The van der Waals surface area contributed by atoms with Gasteiger partial charge in [-0.3, -0.25) is 9.69 Å². The topological polar surface area (TPSA) is 39.3 Å². The fourth-order valence-electron chi connectivity index (χ4n) is 3.84. The summed E-state index contributed by atoms with van der Waals surface area (Å²) in [6.45, 7) is 4.85. The molecule has 1 N–H and O–H groups in total. The van der Waals surface area contributed by atoms with Crippen LogP contribution < -0.4 is 0 Å². The number of H-pyrrole nitrogens is 1. The van der Waals surface area contributed by atoms with Crippen LogP contribution in [0.4, 0.5) is 0 Å². The molecule has 0 aliphatic carbocycles. The van der Waals surface area contributed by atoms with Crippen molar-refractivity contribution in [3.63, 3.8) is 0 Å². The molecule has 0 spiro atoms. The first-order chi connectivity index (χ1) is 10.2. The predicted octanol–water partition coefficient (Wildman–Crippen LogP) is 2.36. The Kier molecular flexibility index (Phi) is 3.00. The van der Waals surface area contributed by atoms with Gasteiger partial charge in [0.2, 0.25) is 5.91 Å². The highest BCUT2D eigenvalue weighted by Crippen LogP contribution is 2.28. The lowest BCUT2D eigenvalue weighted by atomic mass is 10.0. The highest BCUT2D eigenvalue weighted by atomic mass is 16.2. The minimum Gasteiger partial charge on any atom is -0.361 e. The second kappa shape index (κ2) is 4.88. The van der Waals surface area contributed by atoms with E-state index < -0.39 is 0 Å². The Balaban J connectivity index is 1.61. The van der Waals surface area contributed by atoms with Crippen LogP contribution in [0.3, 0.4) is 0 Å². The normalized spacial score (nSPS) is 26.5. The fraction of sp³-hybridized carbons (Fsp3) is 0.471. The molecule has 4 rings (SSSR count). The van der Waals surface area contributed by atoms with Gasteiger partial charge >= 0.3 is 0 Å². The number of aromatic nitrogens is 1. The lowest BCUT2D eigenvalue weighted by Crippen LogP contribution is -2.58. The van der Waals surface area contributed by atoms with Crippen LogP contribution in [-0.4, -0.2) is 45.9 Å². The van der Waals surface area contributed by atoms with Gasteiger partial charge in [0.25, 0.3) is 0 Å². The molecule has 0 bridgehead atoms. The minimum atomic E-state index is -0.00966. The summed E-state index contributed by atoms with van der Waals surface area (Å²) in [5.74, 6) is 0.308. The van der Waals surface area contributed by atoms with Crippen molar-refractivity contribution in [3.8, 4) is 0 Å². The molecule has 4 heteroatoms. The molecule has 2 aliphatic heterocycles. The number of carbonyl (C=O) groups excluding carboxylic acids is 1. The Morgan fingerprint density at radius 1 is 1.33 bits per heavy atom. The van der Waals surface area contributed by atoms with Crippen molar-refractivity contribution in [2.75, 3.05) is 13.1 Å². The molecule has 0 saturated carbocycles. The van der Waals surface area contributed by atoms with Crippen molar-refractivity contribution < 1.29 is 4.79 Å². The number of piperazine rings is 1. The largest absolute Gasteiger partial charge is 0.361 e. The van der Waals surface area contributed by atoms with E-state index in [4.69, 9.17) is 0 Å². The maximum absolute atomic E-state index is 12.5. The van der Waals surface area contributed by atoms with E-state index in [9.17, 15) is 4.79 Å². The van der Waals surface area contributed by atoms with Crippen molar-refractivity contribution in [3.05, 3.63) is 36.0 Å². The number of carbonyl (C=O) groups is 1. The molecule has 21 heavy (non-hydrogen) atoms.